The number of likely N-dealkylation sites (tertiary alicyclic amines) is 1. The van der Waals surface area contributed by atoms with Crippen LogP contribution in [0.15, 0.2) is 54.6 Å². The van der Waals surface area contributed by atoms with Crippen molar-refractivity contribution in [2.75, 3.05) is 6.54 Å². The molecule has 148 valence electrons. The number of imide groups is 1. The zero-order valence-corrected chi connectivity index (χ0v) is 15.8. The molecule has 0 unspecified atom stereocenters. The van der Waals surface area contributed by atoms with Gasteiger partial charge in [-0.3, -0.25) is 19.3 Å². The molecule has 0 radical (unpaired) electrons. The highest BCUT2D eigenvalue weighted by Crippen LogP contribution is 2.32. The number of amides is 3. The van der Waals surface area contributed by atoms with Crippen LogP contribution in [0.25, 0.3) is 0 Å². The quantitative estimate of drug-likeness (QED) is 0.784. The number of hydrogen-bond acceptors (Lipinski definition) is 4. The molecule has 4 rings (SSSR count). The van der Waals surface area contributed by atoms with Crippen LogP contribution < -0.4 is 0 Å². The third-order valence-corrected chi connectivity index (χ3v) is 5.60. The van der Waals surface area contributed by atoms with Gasteiger partial charge in [-0.2, -0.15) is 0 Å². The summed E-state index contributed by atoms with van der Waals surface area (Å²) in [6.07, 6.45) is 0.156. The Morgan fingerprint density at radius 3 is 2.10 bits per heavy atom. The molecule has 7 nitrogen and oxygen atoms in total. The Labute approximate surface area is 167 Å². The van der Waals surface area contributed by atoms with E-state index in [1.165, 1.54) is 4.90 Å². The number of rotatable bonds is 5. The molecule has 2 aromatic rings. The molecular weight excluding hydrogens is 372 g/mol. The van der Waals surface area contributed by atoms with Crippen molar-refractivity contribution in [1.29, 1.82) is 0 Å². The Hall–Kier alpha value is -3.48. The van der Waals surface area contributed by atoms with Crippen LogP contribution in [-0.2, 0) is 16.0 Å². The van der Waals surface area contributed by atoms with E-state index in [0.717, 1.165) is 10.5 Å². The van der Waals surface area contributed by atoms with Crippen LogP contribution in [0.3, 0.4) is 0 Å². The number of fused-ring (bicyclic) bond motifs is 1. The molecule has 2 aliphatic rings. The van der Waals surface area contributed by atoms with Gasteiger partial charge < -0.3 is 10.0 Å². The maximum absolute atomic E-state index is 13.2. The van der Waals surface area contributed by atoms with Crippen LogP contribution in [0.2, 0.25) is 0 Å². The highest BCUT2D eigenvalue weighted by molar-refractivity contribution is 6.23. The van der Waals surface area contributed by atoms with Gasteiger partial charge in [-0.25, -0.2) is 4.79 Å². The molecule has 1 fully saturated rings. The Bertz CT molecular complexity index is 968. The Morgan fingerprint density at radius 1 is 1.00 bits per heavy atom. The second-order valence-electron chi connectivity index (χ2n) is 7.48. The van der Waals surface area contributed by atoms with Crippen molar-refractivity contribution in [2.45, 2.75) is 25.4 Å². The maximum atomic E-state index is 13.2. The number of carbonyl (C=O) groups excluding carboxylic acids is 3. The minimum absolute atomic E-state index is 0.156. The van der Waals surface area contributed by atoms with Gasteiger partial charge >= 0.3 is 5.97 Å². The summed E-state index contributed by atoms with van der Waals surface area (Å²) in [7, 11) is 0. The number of carbonyl (C=O) groups is 4. The number of carboxylic acid groups (broad SMARTS) is 1. The molecule has 0 aromatic heterocycles. The Kier molecular flexibility index (Phi) is 4.66. The summed E-state index contributed by atoms with van der Waals surface area (Å²) in [6, 6.07) is 13.5. The molecule has 2 aliphatic heterocycles. The Morgan fingerprint density at radius 2 is 1.55 bits per heavy atom. The maximum Gasteiger partial charge on any atom is 0.326 e. The van der Waals surface area contributed by atoms with Crippen molar-refractivity contribution in [3.63, 3.8) is 0 Å². The topological polar surface area (TPSA) is 95.0 Å². The molecule has 3 amide bonds. The van der Waals surface area contributed by atoms with E-state index < -0.39 is 35.8 Å². The van der Waals surface area contributed by atoms with Crippen molar-refractivity contribution in [1.82, 2.24) is 9.80 Å². The summed E-state index contributed by atoms with van der Waals surface area (Å²) in [6.45, 7) is 1.92. The molecule has 0 saturated carbocycles. The van der Waals surface area contributed by atoms with Crippen molar-refractivity contribution in [2.24, 2.45) is 5.92 Å². The van der Waals surface area contributed by atoms with E-state index in [2.05, 4.69) is 0 Å². The predicted molar refractivity (Wildman–Crippen MR) is 103 cm³/mol. The minimum Gasteiger partial charge on any atom is -0.480 e. The average Bonchev–Trinajstić information content (AvgIpc) is 3.13. The lowest BCUT2D eigenvalue weighted by Crippen LogP contribution is -2.50. The van der Waals surface area contributed by atoms with Crippen LogP contribution in [0, 0.1) is 5.92 Å². The number of nitrogens with zero attached hydrogens (tertiary/aromatic N) is 2. The highest BCUT2D eigenvalue weighted by atomic mass is 16.4. The van der Waals surface area contributed by atoms with Gasteiger partial charge in [0.1, 0.15) is 12.1 Å². The van der Waals surface area contributed by atoms with Crippen LogP contribution in [0.4, 0.5) is 0 Å². The first kappa shape index (κ1) is 18.9. The van der Waals surface area contributed by atoms with Gasteiger partial charge in [-0.1, -0.05) is 49.4 Å². The normalized spacial score (nSPS) is 22.2. The molecule has 2 aromatic carbocycles. The molecule has 3 atom stereocenters. The molecule has 0 bridgehead atoms. The summed E-state index contributed by atoms with van der Waals surface area (Å²) in [5, 5.41) is 9.76. The van der Waals surface area contributed by atoms with Crippen LogP contribution in [0.5, 0.6) is 0 Å². The second kappa shape index (κ2) is 7.16. The number of benzene rings is 2. The first-order valence-corrected chi connectivity index (χ1v) is 9.44. The third-order valence-electron chi connectivity index (χ3n) is 5.60. The van der Waals surface area contributed by atoms with E-state index in [1.54, 1.807) is 31.2 Å². The molecular formula is C22H20N2O5. The monoisotopic (exact) mass is 392 g/mol. The molecule has 29 heavy (non-hydrogen) atoms. The van der Waals surface area contributed by atoms with Crippen LogP contribution >= 0.6 is 0 Å². The van der Waals surface area contributed by atoms with Gasteiger partial charge in [-0.15, -0.1) is 0 Å². The van der Waals surface area contributed by atoms with E-state index in [0.29, 0.717) is 0 Å². The molecule has 1 saturated heterocycles. The van der Waals surface area contributed by atoms with Gasteiger partial charge in [0, 0.05) is 18.9 Å². The second-order valence-corrected chi connectivity index (χ2v) is 7.48. The molecule has 0 spiro atoms. The zero-order valence-electron chi connectivity index (χ0n) is 15.8. The lowest BCUT2D eigenvalue weighted by Gasteiger charge is -2.26. The molecule has 7 heteroatoms. The number of hydrogen-bond donors (Lipinski definition) is 1. The molecule has 2 heterocycles. The summed E-state index contributed by atoms with van der Waals surface area (Å²) in [4.78, 5) is 53.0. The fourth-order valence-electron chi connectivity index (χ4n) is 4.19. The van der Waals surface area contributed by atoms with Crippen LogP contribution in [0.1, 0.15) is 33.2 Å². The third kappa shape index (κ3) is 3.08. The average molecular weight is 392 g/mol. The van der Waals surface area contributed by atoms with Crippen LogP contribution in [-0.4, -0.2) is 57.2 Å². The van der Waals surface area contributed by atoms with Gasteiger partial charge in [0.05, 0.1) is 11.1 Å². The van der Waals surface area contributed by atoms with Crippen molar-refractivity contribution in [3.05, 3.63) is 71.3 Å². The number of aliphatic carboxylic acids is 1. The van der Waals surface area contributed by atoms with E-state index >= 15 is 0 Å². The van der Waals surface area contributed by atoms with Gasteiger partial charge in [-0.05, 0) is 17.7 Å². The zero-order chi connectivity index (χ0) is 20.7. The standard InChI is InChI=1S/C22H20N2O5/c1-13-12-23(17(22(28)29)11-14-7-3-2-4-8-14)21(27)18(13)24-19(25)15-9-5-6-10-16(15)20(24)26/h2-10,13,17-18H,11-12H2,1H3,(H,28,29)/t13-,17-,18+/m0/s1. The minimum atomic E-state index is -1.11. The summed E-state index contributed by atoms with van der Waals surface area (Å²) < 4.78 is 0. The predicted octanol–water partition coefficient (Wildman–Crippen LogP) is 1.83. The summed E-state index contributed by atoms with van der Waals surface area (Å²) >= 11 is 0. The van der Waals surface area contributed by atoms with Gasteiger partial charge in [0.25, 0.3) is 11.8 Å². The lowest BCUT2D eigenvalue weighted by atomic mass is 10.0. The van der Waals surface area contributed by atoms with Gasteiger partial charge in [0.2, 0.25) is 5.91 Å². The van der Waals surface area contributed by atoms with E-state index in [-0.39, 0.29) is 30.0 Å². The largest absolute Gasteiger partial charge is 0.480 e. The van der Waals surface area contributed by atoms with Crippen molar-refractivity contribution >= 4 is 23.7 Å². The number of carboxylic acids is 1. The lowest BCUT2D eigenvalue weighted by molar-refractivity contribution is -0.149. The highest BCUT2D eigenvalue weighted by Gasteiger charge is 2.51. The first-order valence-electron chi connectivity index (χ1n) is 9.44. The first-order chi connectivity index (χ1) is 13.9. The fourth-order valence-corrected chi connectivity index (χ4v) is 4.19. The van der Waals surface area contributed by atoms with Crippen molar-refractivity contribution < 1.29 is 24.3 Å². The Balaban J connectivity index is 1.62. The smallest absolute Gasteiger partial charge is 0.326 e. The van der Waals surface area contributed by atoms with E-state index in [4.69, 9.17) is 0 Å². The van der Waals surface area contributed by atoms with E-state index in [1.807, 2.05) is 30.3 Å². The molecule has 0 aliphatic carbocycles. The molecule has 1 N–H and O–H groups in total. The van der Waals surface area contributed by atoms with Gasteiger partial charge in [0.15, 0.2) is 0 Å². The SMILES string of the molecule is C[C@H]1CN([C@@H](Cc2ccccc2)C(=O)O)C(=O)[C@@H]1N1C(=O)c2ccccc2C1=O. The van der Waals surface area contributed by atoms with Crippen molar-refractivity contribution in [3.8, 4) is 0 Å². The summed E-state index contributed by atoms with van der Waals surface area (Å²) in [5.74, 6) is -3.00. The van der Waals surface area contributed by atoms with E-state index in [9.17, 15) is 24.3 Å². The fraction of sp³-hybridized carbons (Fsp3) is 0.273. The summed E-state index contributed by atoms with van der Waals surface area (Å²) in [5.41, 5.74) is 1.34.